The van der Waals surface area contributed by atoms with Crippen LogP contribution >= 0.6 is 0 Å². The van der Waals surface area contributed by atoms with Gasteiger partial charge in [0.25, 0.3) is 0 Å². The maximum atomic E-state index is 12.6. The average Bonchev–Trinajstić information content (AvgIpc) is 3.24. The number of hydrogen-bond acceptors (Lipinski definition) is 5. The lowest BCUT2D eigenvalue weighted by Gasteiger charge is -2.16. The van der Waals surface area contributed by atoms with Crippen molar-refractivity contribution in [2.24, 2.45) is 5.92 Å². The van der Waals surface area contributed by atoms with Gasteiger partial charge in [0.15, 0.2) is 11.5 Å². The number of carbonyl (C=O) groups is 3. The molecule has 8 nitrogen and oxygen atoms in total. The van der Waals surface area contributed by atoms with Gasteiger partial charge < -0.3 is 20.0 Å². The highest BCUT2D eigenvalue weighted by atomic mass is 16.3. The maximum absolute atomic E-state index is 12.6. The van der Waals surface area contributed by atoms with E-state index in [0.717, 1.165) is 0 Å². The monoisotopic (exact) mass is 392 g/mol. The summed E-state index contributed by atoms with van der Waals surface area (Å²) in [6.45, 7) is 3.50. The molecule has 1 atom stereocenters. The predicted octanol–water partition coefficient (Wildman–Crippen LogP) is 3.09. The molecule has 0 unspecified atom stereocenters. The lowest BCUT2D eigenvalue weighted by atomic mass is 10.1. The fourth-order valence-corrected chi connectivity index (χ4v) is 3.42. The zero-order chi connectivity index (χ0) is 20.5. The highest BCUT2D eigenvalue weighted by Gasteiger charge is 2.35. The van der Waals surface area contributed by atoms with Crippen LogP contribution in [0.1, 0.15) is 19.2 Å². The molecule has 3 amide bonds. The first-order valence-electron chi connectivity index (χ1n) is 9.25. The van der Waals surface area contributed by atoms with Crippen molar-refractivity contribution in [1.82, 2.24) is 4.98 Å². The SMILES string of the molecule is CC(=O)Nc1ccc(NC(=O)[C@H]2CC(=O)N(c3ccc4oc(C)nc4c3)C2)cc1. The molecule has 0 aliphatic carbocycles. The Morgan fingerprint density at radius 2 is 1.79 bits per heavy atom. The smallest absolute Gasteiger partial charge is 0.229 e. The first kappa shape index (κ1) is 18.7. The number of nitrogens with zero attached hydrogens (tertiary/aromatic N) is 2. The standard InChI is InChI=1S/C21H20N4O4/c1-12(26)22-15-3-5-16(6-4-15)24-21(28)14-9-20(27)25(11-14)17-7-8-19-18(10-17)23-13(2)29-19/h3-8,10,14H,9,11H2,1-2H3,(H,22,26)(H,24,28)/t14-/m0/s1. The zero-order valence-electron chi connectivity index (χ0n) is 16.1. The Balaban J connectivity index is 1.43. The van der Waals surface area contributed by atoms with Crippen molar-refractivity contribution in [3.63, 3.8) is 0 Å². The highest BCUT2D eigenvalue weighted by molar-refractivity contribution is 6.04. The van der Waals surface area contributed by atoms with Crippen molar-refractivity contribution in [2.75, 3.05) is 22.1 Å². The predicted molar refractivity (Wildman–Crippen MR) is 109 cm³/mol. The second-order valence-corrected chi connectivity index (χ2v) is 7.04. The minimum Gasteiger partial charge on any atom is -0.441 e. The van der Waals surface area contributed by atoms with Crippen molar-refractivity contribution in [3.05, 3.63) is 48.4 Å². The van der Waals surface area contributed by atoms with Gasteiger partial charge in [-0.3, -0.25) is 14.4 Å². The molecule has 2 aromatic carbocycles. The summed E-state index contributed by atoms with van der Waals surface area (Å²) in [6.07, 6.45) is 0.145. The van der Waals surface area contributed by atoms with Gasteiger partial charge in [0.1, 0.15) is 5.52 Å². The van der Waals surface area contributed by atoms with Crippen LogP contribution in [0.3, 0.4) is 0 Å². The molecule has 29 heavy (non-hydrogen) atoms. The number of anilines is 3. The van der Waals surface area contributed by atoms with Gasteiger partial charge in [0.05, 0.1) is 5.92 Å². The first-order chi connectivity index (χ1) is 13.9. The normalized spacial score (nSPS) is 16.3. The van der Waals surface area contributed by atoms with E-state index in [1.807, 2.05) is 0 Å². The van der Waals surface area contributed by atoms with Crippen LogP contribution in [0.5, 0.6) is 0 Å². The van der Waals surface area contributed by atoms with Crippen LogP contribution in [0.2, 0.25) is 0 Å². The Hall–Kier alpha value is -3.68. The Bertz CT molecular complexity index is 1100. The van der Waals surface area contributed by atoms with E-state index in [4.69, 9.17) is 4.42 Å². The molecule has 4 rings (SSSR count). The minimum absolute atomic E-state index is 0.106. The summed E-state index contributed by atoms with van der Waals surface area (Å²) >= 11 is 0. The number of rotatable bonds is 4. The van der Waals surface area contributed by atoms with Crippen LogP contribution < -0.4 is 15.5 Å². The van der Waals surface area contributed by atoms with Crippen molar-refractivity contribution >= 4 is 45.9 Å². The maximum Gasteiger partial charge on any atom is 0.229 e. The van der Waals surface area contributed by atoms with E-state index >= 15 is 0 Å². The lowest BCUT2D eigenvalue weighted by molar-refractivity contribution is -0.122. The molecule has 0 saturated carbocycles. The third-order valence-electron chi connectivity index (χ3n) is 4.76. The Morgan fingerprint density at radius 3 is 2.48 bits per heavy atom. The van der Waals surface area contributed by atoms with Crippen molar-refractivity contribution in [3.8, 4) is 0 Å². The van der Waals surface area contributed by atoms with Crippen LogP contribution in [0.25, 0.3) is 11.1 Å². The summed E-state index contributed by atoms with van der Waals surface area (Å²) < 4.78 is 5.47. The largest absolute Gasteiger partial charge is 0.441 e. The van der Waals surface area contributed by atoms with E-state index < -0.39 is 5.92 Å². The van der Waals surface area contributed by atoms with Crippen LogP contribution in [-0.4, -0.2) is 29.3 Å². The van der Waals surface area contributed by atoms with Gasteiger partial charge in [-0.1, -0.05) is 0 Å². The summed E-state index contributed by atoms with van der Waals surface area (Å²) in [5.41, 5.74) is 3.30. The van der Waals surface area contributed by atoms with Crippen LogP contribution in [0.15, 0.2) is 46.9 Å². The number of oxazole rings is 1. The third-order valence-corrected chi connectivity index (χ3v) is 4.76. The van der Waals surface area contributed by atoms with Gasteiger partial charge in [-0.05, 0) is 42.5 Å². The van der Waals surface area contributed by atoms with E-state index in [-0.39, 0.29) is 24.1 Å². The third kappa shape index (κ3) is 3.96. The quantitative estimate of drug-likeness (QED) is 0.710. The molecule has 1 saturated heterocycles. The zero-order valence-corrected chi connectivity index (χ0v) is 16.1. The van der Waals surface area contributed by atoms with Gasteiger partial charge in [-0.2, -0.15) is 0 Å². The van der Waals surface area contributed by atoms with E-state index in [1.165, 1.54) is 6.92 Å². The Labute approximate surface area is 166 Å². The molecule has 1 fully saturated rings. The summed E-state index contributed by atoms with van der Waals surface area (Å²) in [6, 6.07) is 12.2. The first-order valence-corrected chi connectivity index (χ1v) is 9.25. The number of carbonyl (C=O) groups excluding carboxylic acids is 3. The Morgan fingerprint density at radius 1 is 1.10 bits per heavy atom. The van der Waals surface area contributed by atoms with E-state index in [9.17, 15) is 14.4 Å². The lowest BCUT2D eigenvalue weighted by Crippen LogP contribution is -2.28. The molecule has 0 bridgehead atoms. The van der Waals surface area contributed by atoms with Crippen molar-refractivity contribution in [1.29, 1.82) is 0 Å². The molecule has 0 spiro atoms. The molecule has 0 radical (unpaired) electrons. The molecular weight excluding hydrogens is 372 g/mol. The summed E-state index contributed by atoms with van der Waals surface area (Å²) in [4.78, 5) is 42.1. The summed E-state index contributed by atoms with van der Waals surface area (Å²) in [5.74, 6) is -0.374. The second-order valence-electron chi connectivity index (χ2n) is 7.04. The molecule has 1 aliphatic rings. The summed E-state index contributed by atoms with van der Waals surface area (Å²) in [7, 11) is 0. The van der Waals surface area contributed by atoms with Gasteiger partial charge in [0, 0.05) is 43.9 Å². The van der Waals surface area contributed by atoms with Gasteiger partial charge in [0.2, 0.25) is 17.7 Å². The number of nitrogens with one attached hydrogen (secondary N) is 2. The van der Waals surface area contributed by atoms with E-state index in [2.05, 4.69) is 15.6 Å². The number of fused-ring (bicyclic) bond motifs is 1. The fraction of sp³-hybridized carbons (Fsp3) is 0.238. The van der Waals surface area contributed by atoms with Crippen LogP contribution in [-0.2, 0) is 14.4 Å². The van der Waals surface area contributed by atoms with E-state index in [0.29, 0.717) is 40.6 Å². The molecule has 2 heterocycles. The van der Waals surface area contributed by atoms with Crippen LogP contribution in [0.4, 0.5) is 17.1 Å². The Kier molecular flexibility index (Phi) is 4.75. The molecule has 3 aromatic rings. The molecular formula is C21H20N4O4. The highest BCUT2D eigenvalue weighted by Crippen LogP contribution is 2.29. The second kappa shape index (κ2) is 7.38. The number of hydrogen-bond donors (Lipinski definition) is 2. The number of amides is 3. The number of aromatic nitrogens is 1. The van der Waals surface area contributed by atoms with Gasteiger partial charge >= 0.3 is 0 Å². The van der Waals surface area contributed by atoms with Crippen molar-refractivity contribution in [2.45, 2.75) is 20.3 Å². The fourth-order valence-electron chi connectivity index (χ4n) is 3.42. The van der Waals surface area contributed by atoms with Gasteiger partial charge in [-0.25, -0.2) is 4.98 Å². The molecule has 1 aromatic heterocycles. The minimum atomic E-state index is -0.452. The molecule has 8 heteroatoms. The van der Waals surface area contributed by atoms with Gasteiger partial charge in [-0.15, -0.1) is 0 Å². The molecule has 148 valence electrons. The topological polar surface area (TPSA) is 105 Å². The van der Waals surface area contributed by atoms with Crippen molar-refractivity contribution < 1.29 is 18.8 Å². The van der Waals surface area contributed by atoms with E-state index in [1.54, 1.807) is 54.3 Å². The van der Waals surface area contributed by atoms with Crippen LogP contribution in [0, 0.1) is 12.8 Å². The number of benzene rings is 2. The molecule has 2 N–H and O–H groups in total. The molecule has 1 aliphatic heterocycles. The summed E-state index contributed by atoms with van der Waals surface area (Å²) in [5, 5.41) is 5.50. The average molecular weight is 392 g/mol. The number of aryl methyl sites for hydroxylation is 1.